The Morgan fingerprint density at radius 1 is 0.329 bits per heavy atom. The molecule has 12 aromatic rings. The van der Waals surface area contributed by atoms with Crippen molar-refractivity contribution in [2.24, 2.45) is 0 Å². The Morgan fingerprint density at radius 2 is 0.914 bits per heavy atom. The first-order valence-electron chi connectivity index (χ1n) is 24.4. The summed E-state index contributed by atoms with van der Waals surface area (Å²) in [5.41, 5.74) is 20.7. The van der Waals surface area contributed by atoms with Crippen LogP contribution in [-0.2, 0) is 10.8 Å². The van der Waals surface area contributed by atoms with Crippen LogP contribution >= 0.6 is 11.3 Å². The smallest absolute Gasteiger partial charge is 0.0714 e. The average molecular weight is 910 g/mol. The van der Waals surface area contributed by atoms with E-state index in [9.17, 15) is 0 Å². The standard InChI is InChI=1S/C68H47NS/c1-67(2)60-29-14-11-27-55(60)59-41-46(33-39-61(59)67)66-52-25-10-9-18-44(52)32-36-53(66)45-19-17-24-49(40-45)69(51-35-38-58-57-28-13-16-31-64(57)70-65(58)43-51)50-34-37-56-54-26-12-15-30-62(54)68(63(56)42-50,47-20-5-3-6-21-47)48-22-7-4-8-23-48/h3-43H,1-2H3. The first kappa shape index (κ1) is 40.7. The summed E-state index contributed by atoms with van der Waals surface area (Å²) in [4.78, 5) is 2.49. The summed E-state index contributed by atoms with van der Waals surface area (Å²) in [6.45, 7) is 4.72. The molecule has 0 saturated carbocycles. The Hall–Kier alpha value is -8.30. The lowest BCUT2D eigenvalue weighted by Gasteiger charge is -2.35. The highest BCUT2D eigenvalue weighted by Crippen LogP contribution is 2.58. The van der Waals surface area contributed by atoms with Gasteiger partial charge >= 0.3 is 0 Å². The van der Waals surface area contributed by atoms with Gasteiger partial charge < -0.3 is 4.90 Å². The van der Waals surface area contributed by atoms with Crippen molar-refractivity contribution in [1.82, 2.24) is 0 Å². The molecule has 1 aromatic heterocycles. The SMILES string of the molecule is CC1(C)c2ccccc2-c2cc(-c3c(-c4cccc(N(c5ccc6c(c5)C(c5ccccc5)(c5ccccc5)c5ccccc5-6)c5ccc6c(c5)sc5ccccc56)c4)ccc4ccccc34)ccc21. The normalized spacial score (nSPS) is 13.8. The number of fused-ring (bicyclic) bond motifs is 10. The Kier molecular flexibility index (Phi) is 9.09. The predicted octanol–water partition coefficient (Wildman–Crippen LogP) is 18.7. The van der Waals surface area contributed by atoms with Crippen molar-refractivity contribution in [3.05, 3.63) is 282 Å². The van der Waals surface area contributed by atoms with Gasteiger partial charge in [-0.3, -0.25) is 0 Å². The molecule has 1 nitrogen and oxygen atoms in total. The molecule has 0 radical (unpaired) electrons. The van der Waals surface area contributed by atoms with E-state index >= 15 is 0 Å². The van der Waals surface area contributed by atoms with E-state index in [0.717, 1.165) is 17.1 Å². The lowest BCUT2D eigenvalue weighted by Crippen LogP contribution is -2.28. The number of hydrogen-bond donors (Lipinski definition) is 0. The van der Waals surface area contributed by atoms with E-state index in [1.54, 1.807) is 0 Å². The fourth-order valence-corrected chi connectivity index (χ4v) is 13.5. The predicted molar refractivity (Wildman–Crippen MR) is 297 cm³/mol. The average Bonchev–Trinajstić information content (AvgIpc) is 4.02. The number of thiophene rings is 1. The lowest BCUT2D eigenvalue weighted by atomic mass is 9.67. The summed E-state index contributed by atoms with van der Waals surface area (Å²) >= 11 is 1.87. The molecule has 0 spiro atoms. The van der Waals surface area contributed by atoms with Crippen LogP contribution in [0.4, 0.5) is 17.1 Å². The van der Waals surface area contributed by atoms with Gasteiger partial charge in [-0.05, 0) is 137 Å². The van der Waals surface area contributed by atoms with E-state index in [-0.39, 0.29) is 5.41 Å². The molecule has 0 unspecified atom stereocenters. The summed E-state index contributed by atoms with van der Waals surface area (Å²) in [6.07, 6.45) is 0. The van der Waals surface area contributed by atoms with Crippen LogP contribution in [0.3, 0.4) is 0 Å². The van der Waals surface area contributed by atoms with Crippen molar-refractivity contribution >= 4 is 59.3 Å². The second kappa shape index (κ2) is 15.6. The number of anilines is 3. The summed E-state index contributed by atoms with van der Waals surface area (Å²) < 4.78 is 2.57. The Balaban J connectivity index is 0.998. The van der Waals surface area contributed by atoms with E-state index in [1.165, 1.54) is 109 Å². The molecular weight excluding hydrogens is 863 g/mol. The van der Waals surface area contributed by atoms with Crippen LogP contribution in [0.2, 0.25) is 0 Å². The summed E-state index contributed by atoms with van der Waals surface area (Å²) in [5.74, 6) is 0. The topological polar surface area (TPSA) is 3.24 Å². The fourth-order valence-electron chi connectivity index (χ4n) is 12.4. The Labute approximate surface area is 413 Å². The van der Waals surface area contributed by atoms with Crippen molar-refractivity contribution < 1.29 is 0 Å². The molecule has 11 aromatic carbocycles. The molecule has 0 saturated heterocycles. The minimum absolute atomic E-state index is 0.0646. The molecule has 2 heteroatoms. The van der Waals surface area contributed by atoms with Gasteiger partial charge in [0.05, 0.1) is 5.41 Å². The van der Waals surface area contributed by atoms with Gasteiger partial charge in [0.25, 0.3) is 0 Å². The minimum atomic E-state index is -0.529. The number of rotatable bonds is 7. The van der Waals surface area contributed by atoms with Crippen molar-refractivity contribution in [3.63, 3.8) is 0 Å². The second-order valence-corrected chi connectivity index (χ2v) is 20.6. The van der Waals surface area contributed by atoms with Crippen LogP contribution in [-0.4, -0.2) is 0 Å². The Bertz CT molecular complexity index is 4010. The molecule has 2 aliphatic rings. The minimum Gasteiger partial charge on any atom is -0.310 e. The quantitative estimate of drug-likeness (QED) is 0.154. The van der Waals surface area contributed by atoms with Crippen LogP contribution < -0.4 is 4.90 Å². The second-order valence-electron chi connectivity index (χ2n) is 19.6. The Morgan fingerprint density at radius 3 is 1.71 bits per heavy atom. The van der Waals surface area contributed by atoms with Gasteiger partial charge in [-0.2, -0.15) is 0 Å². The maximum Gasteiger partial charge on any atom is 0.0714 e. The van der Waals surface area contributed by atoms with Gasteiger partial charge in [0.15, 0.2) is 0 Å². The summed E-state index contributed by atoms with van der Waals surface area (Å²) in [6, 6.07) is 93.3. The van der Waals surface area contributed by atoms with Gasteiger partial charge in [-0.25, -0.2) is 0 Å². The number of benzene rings is 11. The maximum absolute atomic E-state index is 2.49. The van der Waals surface area contributed by atoms with Crippen LogP contribution in [0.15, 0.2) is 249 Å². The largest absolute Gasteiger partial charge is 0.310 e. The molecule has 0 aliphatic heterocycles. The fraction of sp³-hybridized carbons (Fsp3) is 0.0588. The van der Waals surface area contributed by atoms with Crippen LogP contribution in [0.5, 0.6) is 0 Å². The molecule has 2 aliphatic carbocycles. The van der Waals surface area contributed by atoms with Crippen LogP contribution in [0, 0.1) is 0 Å². The number of nitrogens with zero attached hydrogens (tertiary/aromatic N) is 1. The van der Waals surface area contributed by atoms with Gasteiger partial charge in [-0.1, -0.05) is 214 Å². The first-order chi connectivity index (χ1) is 34.5. The molecule has 0 fully saturated rings. The molecule has 0 N–H and O–H groups in total. The summed E-state index contributed by atoms with van der Waals surface area (Å²) in [5, 5.41) is 5.07. The van der Waals surface area contributed by atoms with E-state index in [0.29, 0.717) is 0 Å². The highest BCUT2D eigenvalue weighted by atomic mass is 32.1. The molecular formula is C68H47NS. The van der Waals surface area contributed by atoms with E-state index in [4.69, 9.17) is 0 Å². The molecule has 330 valence electrons. The third kappa shape index (κ3) is 5.97. The van der Waals surface area contributed by atoms with Crippen LogP contribution in [0.25, 0.3) is 75.5 Å². The van der Waals surface area contributed by atoms with Crippen molar-refractivity contribution in [3.8, 4) is 44.5 Å². The third-order valence-corrected chi connectivity index (χ3v) is 16.7. The van der Waals surface area contributed by atoms with Gasteiger partial charge in [-0.15, -0.1) is 11.3 Å². The molecule has 0 amide bonds. The van der Waals surface area contributed by atoms with Crippen molar-refractivity contribution in [2.75, 3.05) is 4.90 Å². The molecule has 70 heavy (non-hydrogen) atoms. The van der Waals surface area contributed by atoms with E-state index < -0.39 is 5.41 Å². The third-order valence-electron chi connectivity index (χ3n) is 15.5. The molecule has 0 atom stereocenters. The highest BCUT2D eigenvalue weighted by molar-refractivity contribution is 7.25. The lowest BCUT2D eigenvalue weighted by molar-refractivity contribution is 0.660. The summed E-state index contributed by atoms with van der Waals surface area (Å²) in [7, 11) is 0. The van der Waals surface area contributed by atoms with Gasteiger partial charge in [0.2, 0.25) is 0 Å². The molecule has 14 rings (SSSR count). The van der Waals surface area contributed by atoms with Crippen LogP contribution in [0.1, 0.15) is 47.2 Å². The van der Waals surface area contributed by atoms with Gasteiger partial charge in [0, 0.05) is 42.6 Å². The first-order valence-corrected chi connectivity index (χ1v) is 25.2. The maximum atomic E-state index is 2.49. The zero-order valence-electron chi connectivity index (χ0n) is 39.0. The van der Waals surface area contributed by atoms with E-state index in [2.05, 4.69) is 267 Å². The highest BCUT2D eigenvalue weighted by Gasteiger charge is 2.46. The van der Waals surface area contributed by atoms with Crippen molar-refractivity contribution in [2.45, 2.75) is 24.7 Å². The van der Waals surface area contributed by atoms with E-state index in [1.807, 2.05) is 11.3 Å². The zero-order valence-corrected chi connectivity index (χ0v) is 39.8. The monoisotopic (exact) mass is 909 g/mol. The van der Waals surface area contributed by atoms with Gasteiger partial charge in [0.1, 0.15) is 0 Å². The number of hydrogen-bond acceptors (Lipinski definition) is 2. The molecule has 1 heterocycles. The van der Waals surface area contributed by atoms with Crippen molar-refractivity contribution in [1.29, 1.82) is 0 Å². The molecule has 0 bridgehead atoms. The zero-order chi connectivity index (χ0) is 46.6.